The van der Waals surface area contributed by atoms with Gasteiger partial charge in [0.1, 0.15) is 5.75 Å². The fraction of sp³-hybridized carbons (Fsp3) is 0.429. The second-order valence-electron chi connectivity index (χ2n) is 7.17. The van der Waals surface area contributed by atoms with E-state index in [9.17, 15) is 14.4 Å². The number of rotatable bonds is 9. The van der Waals surface area contributed by atoms with E-state index in [0.29, 0.717) is 30.6 Å². The number of hydrogen-bond acceptors (Lipinski definition) is 6. The number of aromatic nitrogens is 4. The van der Waals surface area contributed by atoms with Crippen molar-refractivity contribution in [1.82, 2.24) is 18.7 Å². The van der Waals surface area contributed by atoms with Crippen molar-refractivity contribution in [3.8, 4) is 5.75 Å². The molecule has 30 heavy (non-hydrogen) atoms. The van der Waals surface area contributed by atoms with Crippen LogP contribution in [0.4, 0.5) is 0 Å². The van der Waals surface area contributed by atoms with E-state index in [1.165, 1.54) is 10.9 Å². The molecule has 0 aliphatic heterocycles. The Hall–Kier alpha value is -3.36. The molecule has 0 N–H and O–H groups in total. The van der Waals surface area contributed by atoms with Crippen molar-refractivity contribution >= 4 is 17.1 Å². The van der Waals surface area contributed by atoms with Crippen LogP contribution in [0.15, 0.2) is 40.2 Å². The molecule has 0 bridgehead atoms. The summed E-state index contributed by atoms with van der Waals surface area (Å²) >= 11 is 0. The average molecular weight is 414 g/mol. The summed E-state index contributed by atoms with van der Waals surface area (Å²) < 4.78 is 14.9. The molecule has 0 amide bonds. The van der Waals surface area contributed by atoms with Crippen LogP contribution in [0, 0.1) is 6.92 Å². The lowest BCUT2D eigenvalue weighted by Crippen LogP contribution is -2.39. The number of aryl methyl sites for hydroxylation is 3. The largest absolute Gasteiger partial charge is 0.494 e. The summed E-state index contributed by atoms with van der Waals surface area (Å²) in [4.78, 5) is 41.0. The lowest BCUT2D eigenvalue weighted by Gasteiger charge is -2.09. The first-order chi connectivity index (χ1) is 14.4. The van der Waals surface area contributed by atoms with E-state index < -0.39 is 11.2 Å². The monoisotopic (exact) mass is 414 g/mol. The number of imidazole rings is 1. The van der Waals surface area contributed by atoms with Crippen molar-refractivity contribution in [2.24, 2.45) is 14.1 Å². The molecule has 9 nitrogen and oxygen atoms in total. The zero-order valence-corrected chi connectivity index (χ0v) is 17.5. The standard InChI is InChI=1S/C21H26N4O5/c1-15-7-4-8-16(13-15)29-11-5-9-17(26)30-12-6-10-25-20(27)18-19(22-14-23(18)2)24(3)21(25)28/h4,7-8,13-14H,5-6,9-12H2,1-3H3. The van der Waals surface area contributed by atoms with E-state index in [0.717, 1.165) is 15.9 Å². The lowest BCUT2D eigenvalue weighted by atomic mass is 10.2. The van der Waals surface area contributed by atoms with Crippen LogP contribution >= 0.6 is 0 Å². The summed E-state index contributed by atoms with van der Waals surface area (Å²) in [5.74, 6) is 0.450. The van der Waals surface area contributed by atoms with Crippen molar-refractivity contribution in [3.63, 3.8) is 0 Å². The van der Waals surface area contributed by atoms with Crippen molar-refractivity contribution in [1.29, 1.82) is 0 Å². The zero-order valence-electron chi connectivity index (χ0n) is 17.5. The van der Waals surface area contributed by atoms with E-state index in [1.54, 1.807) is 18.7 Å². The topological polar surface area (TPSA) is 97.3 Å². The van der Waals surface area contributed by atoms with Gasteiger partial charge in [0.2, 0.25) is 0 Å². The third kappa shape index (κ3) is 4.79. The first-order valence-corrected chi connectivity index (χ1v) is 9.84. The number of carbonyl (C=O) groups is 1. The van der Waals surface area contributed by atoms with Crippen molar-refractivity contribution < 1.29 is 14.3 Å². The Bertz CT molecular complexity index is 1160. The molecule has 3 aromatic rings. The van der Waals surface area contributed by atoms with Gasteiger partial charge in [-0.3, -0.25) is 18.7 Å². The number of nitrogens with zero attached hydrogens (tertiary/aromatic N) is 4. The van der Waals surface area contributed by atoms with Crippen LogP contribution in [-0.2, 0) is 30.2 Å². The van der Waals surface area contributed by atoms with Crippen LogP contribution in [0.2, 0.25) is 0 Å². The fourth-order valence-corrected chi connectivity index (χ4v) is 3.19. The zero-order chi connectivity index (χ0) is 21.7. The van der Waals surface area contributed by atoms with Gasteiger partial charge < -0.3 is 14.0 Å². The lowest BCUT2D eigenvalue weighted by molar-refractivity contribution is -0.144. The minimum Gasteiger partial charge on any atom is -0.494 e. The molecule has 3 rings (SSSR count). The highest BCUT2D eigenvalue weighted by molar-refractivity contribution is 5.70. The van der Waals surface area contributed by atoms with Crippen LogP contribution in [-0.4, -0.2) is 37.9 Å². The van der Waals surface area contributed by atoms with E-state index in [-0.39, 0.29) is 25.5 Å². The molecule has 0 aliphatic carbocycles. The molecule has 0 saturated carbocycles. The maximum absolute atomic E-state index is 12.6. The molecular weight excluding hydrogens is 388 g/mol. The summed E-state index contributed by atoms with van der Waals surface area (Å²) in [6.45, 7) is 2.71. The normalized spacial score (nSPS) is 11.0. The van der Waals surface area contributed by atoms with Crippen molar-refractivity contribution in [2.45, 2.75) is 32.7 Å². The molecule has 160 valence electrons. The third-order valence-corrected chi connectivity index (χ3v) is 4.77. The molecule has 0 aliphatic rings. The average Bonchev–Trinajstić information content (AvgIpc) is 3.11. The van der Waals surface area contributed by atoms with Gasteiger partial charge in [-0.05, 0) is 37.5 Å². The Morgan fingerprint density at radius 1 is 1.13 bits per heavy atom. The molecule has 0 spiro atoms. The molecule has 2 aromatic heterocycles. The fourth-order valence-electron chi connectivity index (χ4n) is 3.19. The molecule has 0 fully saturated rings. The van der Waals surface area contributed by atoms with Gasteiger partial charge in [0, 0.05) is 27.1 Å². The van der Waals surface area contributed by atoms with Crippen molar-refractivity contribution in [2.75, 3.05) is 13.2 Å². The number of ether oxygens (including phenoxy) is 2. The summed E-state index contributed by atoms with van der Waals surface area (Å²) in [6.07, 6.45) is 2.66. The second kappa shape index (κ2) is 9.43. The summed E-state index contributed by atoms with van der Waals surface area (Å²) in [7, 11) is 3.28. The van der Waals surface area contributed by atoms with E-state index in [4.69, 9.17) is 9.47 Å². The smallest absolute Gasteiger partial charge is 0.332 e. The molecule has 9 heteroatoms. The van der Waals surface area contributed by atoms with Gasteiger partial charge >= 0.3 is 11.7 Å². The quantitative estimate of drug-likeness (QED) is 0.389. The van der Waals surface area contributed by atoms with Gasteiger partial charge in [-0.15, -0.1) is 0 Å². The molecule has 2 heterocycles. The van der Waals surface area contributed by atoms with Crippen molar-refractivity contribution in [3.05, 3.63) is 57.0 Å². The number of hydrogen-bond donors (Lipinski definition) is 0. The first-order valence-electron chi connectivity index (χ1n) is 9.84. The maximum atomic E-state index is 12.6. The van der Waals surface area contributed by atoms with E-state index in [1.807, 2.05) is 31.2 Å². The van der Waals surface area contributed by atoms with Gasteiger partial charge in [-0.1, -0.05) is 12.1 Å². The van der Waals surface area contributed by atoms with Crippen LogP contribution < -0.4 is 16.0 Å². The molecule has 1 aromatic carbocycles. The van der Waals surface area contributed by atoms with Gasteiger partial charge in [0.25, 0.3) is 5.56 Å². The Kier molecular flexibility index (Phi) is 6.71. The van der Waals surface area contributed by atoms with Crippen LogP contribution in [0.25, 0.3) is 11.2 Å². The van der Waals surface area contributed by atoms with E-state index >= 15 is 0 Å². The molecular formula is C21H26N4O5. The number of fused-ring (bicyclic) bond motifs is 1. The van der Waals surface area contributed by atoms with Crippen LogP contribution in [0.1, 0.15) is 24.8 Å². The highest BCUT2D eigenvalue weighted by atomic mass is 16.5. The first kappa shape index (κ1) is 21.4. The SMILES string of the molecule is Cc1cccc(OCCCC(=O)OCCCn2c(=O)c3c(ncn3C)n(C)c2=O)c1. The van der Waals surface area contributed by atoms with Gasteiger partial charge in [0.05, 0.1) is 19.5 Å². The predicted octanol–water partition coefficient (Wildman–Crippen LogP) is 1.53. The highest BCUT2D eigenvalue weighted by Gasteiger charge is 2.14. The minimum atomic E-state index is -0.439. The highest BCUT2D eigenvalue weighted by Crippen LogP contribution is 2.12. The molecule has 0 radical (unpaired) electrons. The summed E-state index contributed by atoms with van der Waals surface area (Å²) in [5, 5.41) is 0. The molecule has 0 saturated heterocycles. The van der Waals surface area contributed by atoms with Gasteiger partial charge in [-0.2, -0.15) is 0 Å². The minimum absolute atomic E-state index is 0.136. The Balaban J connectivity index is 1.44. The Labute approximate surface area is 173 Å². The maximum Gasteiger partial charge on any atom is 0.332 e. The van der Waals surface area contributed by atoms with Gasteiger partial charge in [-0.25, -0.2) is 9.78 Å². The van der Waals surface area contributed by atoms with E-state index in [2.05, 4.69) is 4.98 Å². The summed E-state index contributed by atoms with van der Waals surface area (Å²) in [6, 6.07) is 7.72. The number of esters is 1. The molecule has 0 atom stereocenters. The Morgan fingerprint density at radius 2 is 1.93 bits per heavy atom. The number of benzene rings is 1. The molecule has 0 unspecified atom stereocenters. The van der Waals surface area contributed by atoms with Crippen LogP contribution in [0.5, 0.6) is 5.75 Å². The Morgan fingerprint density at radius 3 is 2.70 bits per heavy atom. The van der Waals surface area contributed by atoms with Gasteiger partial charge in [0.15, 0.2) is 11.2 Å². The van der Waals surface area contributed by atoms with Crippen LogP contribution in [0.3, 0.4) is 0 Å². The predicted molar refractivity (Wildman–Crippen MR) is 112 cm³/mol. The summed E-state index contributed by atoms with van der Waals surface area (Å²) in [5.41, 5.74) is 0.993. The third-order valence-electron chi connectivity index (χ3n) is 4.77. The number of carbonyl (C=O) groups excluding carboxylic acids is 1. The second-order valence-corrected chi connectivity index (χ2v) is 7.17.